The minimum atomic E-state index is -0.262. The van der Waals surface area contributed by atoms with E-state index in [0.717, 1.165) is 56.2 Å². The molecule has 1 fully saturated rings. The number of aromatic nitrogens is 2. The Hall–Kier alpha value is -1.36. The minimum Gasteiger partial charge on any atom is -0.393 e. The summed E-state index contributed by atoms with van der Waals surface area (Å²) < 4.78 is 0. The molecule has 0 bridgehead atoms. The molecule has 1 heterocycles. The zero-order valence-corrected chi connectivity index (χ0v) is 12.8. The van der Waals surface area contributed by atoms with Crippen molar-refractivity contribution in [2.75, 3.05) is 13.6 Å². The van der Waals surface area contributed by atoms with Crippen LogP contribution in [0.1, 0.15) is 60.3 Å². The third-order valence-electron chi connectivity index (χ3n) is 4.98. The van der Waals surface area contributed by atoms with Crippen molar-refractivity contribution >= 4 is 5.91 Å². The van der Waals surface area contributed by atoms with Gasteiger partial charge in [-0.25, -0.2) is 0 Å². The molecule has 0 spiro atoms. The standard InChI is InChI=1S/C16H25N3O2/c1-19(10-11-6-2-5-9-14(11)20)16(21)15-12-7-3-4-8-13(12)17-18-15/h11,14,20H,2-10H2,1H3,(H,17,18). The van der Waals surface area contributed by atoms with Gasteiger partial charge in [-0.2, -0.15) is 5.10 Å². The molecule has 1 aromatic rings. The predicted octanol–water partition coefficient (Wildman–Crippen LogP) is 1.91. The van der Waals surface area contributed by atoms with Crippen LogP contribution in [0.25, 0.3) is 0 Å². The summed E-state index contributed by atoms with van der Waals surface area (Å²) in [6, 6.07) is 0. The molecule has 0 radical (unpaired) electrons. The van der Waals surface area contributed by atoms with Crippen molar-refractivity contribution in [2.24, 2.45) is 5.92 Å². The highest BCUT2D eigenvalue weighted by Gasteiger charge is 2.28. The van der Waals surface area contributed by atoms with Crippen LogP contribution >= 0.6 is 0 Å². The third kappa shape index (κ3) is 2.98. The van der Waals surface area contributed by atoms with Gasteiger partial charge in [0.15, 0.2) is 5.69 Å². The second-order valence-corrected chi connectivity index (χ2v) is 6.53. The van der Waals surface area contributed by atoms with E-state index in [1.54, 1.807) is 4.90 Å². The van der Waals surface area contributed by atoms with Gasteiger partial charge in [-0.15, -0.1) is 0 Å². The maximum absolute atomic E-state index is 12.6. The number of hydrogen-bond donors (Lipinski definition) is 2. The first kappa shape index (κ1) is 14.6. The largest absolute Gasteiger partial charge is 0.393 e. The van der Waals surface area contributed by atoms with Crippen LogP contribution in [0.15, 0.2) is 0 Å². The predicted molar refractivity (Wildman–Crippen MR) is 80.2 cm³/mol. The number of rotatable bonds is 3. The van der Waals surface area contributed by atoms with Crippen molar-refractivity contribution in [1.29, 1.82) is 0 Å². The number of aryl methyl sites for hydroxylation is 1. The number of aliphatic hydroxyl groups is 1. The summed E-state index contributed by atoms with van der Waals surface area (Å²) in [4.78, 5) is 14.4. The average Bonchev–Trinajstić information content (AvgIpc) is 2.92. The summed E-state index contributed by atoms with van der Waals surface area (Å²) in [6.45, 7) is 0.627. The summed E-state index contributed by atoms with van der Waals surface area (Å²) >= 11 is 0. The lowest BCUT2D eigenvalue weighted by atomic mass is 9.86. The Morgan fingerprint density at radius 2 is 2.05 bits per heavy atom. The van der Waals surface area contributed by atoms with Crippen LogP contribution in [0.5, 0.6) is 0 Å². The fraction of sp³-hybridized carbons (Fsp3) is 0.750. The first-order chi connectivity index (χ1) is 10.2. The quantitative estimate of drug-likeness (QED) is 0.894. The Bertz CT molecular complexity index is 512. The van der Waals surface area contributed by atoms with Gasteiger partial charge in [0.25, 0.3) is 5.91 Å². The lowest BCUT2D eigenvalue weighted by molar-refractivity contribution is 0.0448. The molecule has 2 atom stereocenters. The fourth-order valence-electron chi connectivity index (χ4n) is 3.67. The number of H-pyrrole nitrogens is 1. The van der Waals surface area contributed by atoms with Crippen LogP contribution in [0.2, 0.25) is 0 Å². The maximum Gasteiger partial charge on any atom is 0.274 e. The van der Waals surface area contributed by atoms with E-state index in [-0.39, 0.29) is 17.9 Å². The topological polar surface area (TPSA) is 69.2 Å². The lowest BCUT2D eigenvalue weighted by Crippen LogP contribution is -2.38. The normalized spacial score (nSPS) is 25.4. The first-order valence-corrected chi connectivity index (χ1v) is 8.16. The second kappa shape index (κ2) is 6.18. The highest BCUT2D eigenvalue weighted by molar-refractivity contribution is 5.93. The van der Waals surface area contributed by atoms with Crippen LogP contribution in [-0.4, -0.2) is 45.8 Å². The molecule has 2 N–H and O–H groups in total. The Labute approximate surface area is 125 Å². The number of hydrogen-bond acceptors (Lipinski definition) is 3. The monoisotopic (exact) mass is 291 g/mol. The molecule has 116 valence electrons. The maximum atomic E-state index is 12.6. The van der Waals surface area contributed by atoms with E-state index in [0.29, 0.717) is 12.2 Å². The van der Waals surface area contributed by atoms with Gasteiger partial charge in [0.05, 0.1) is 6.10 Å². The Balaban J connectivity index is 1.68. The van der Waals surface area contributed by atoms with Crippen LogP contribution in [-0.2, 0) is 12.8 Å². The van der Waals surface area contributed by atoms with E-state index in [2.05, 4.69) is 10.2 Å². The Morgan fingerprint density at radius 1 is 1.29 bits per heavy atom. The molecule has 1 saturated carbocycles. The van der Waals surface area contributed by atoms with E-state index >= 15 is 0 Å². The molecule has 2 aliphatic rings. The number of amides is 1. The van der Waals surface area contributed by atoms with Crippen molar-refractivity contribution in [2.45, 2.75) is 57.5 Å². The first-order valence-electron chi connectivity index (χ1n) is 8.16. The molecule has 0 aromatic carbocycles. The number of aliphatic hydroxyl groups excluding tert-OH is 1. The molecule has 3 rings (SSSR count). The number of aromatic amines is 1. The summed E-state index contributed by atoms with van der Waals surface area (Å²) in [5.74, 6) is 0.203. The number of fused-ring (bicyclic) bond motifs is 1. The molecule has 0 aliphatic heterocycles. The third-order valence-corrected chi connectivity index (χ3v) is 4.98. The van der Waals surface area contributed by atoms with Gasteiger partial charge < -0.3 is 10.0 Å². The molecule has 1 amide bonds. The highest BCUT2D eigenvalue weighted by atomic mass is 16.3. The zero-order valence-electron chi connectivity index (χ0n) is 12.8. The molecule has 5 nitrogen and oxygen atoms in total. The van der Waals surface area contributed by atoms with Crippen LogP contribution in [0.3, 0.4) is 0 Å². The van der Waals surface area contributed by atoms with Crippen LogP contribution in [0, 0.1) is 5.92 Å². The van der Waals surface area contributed by atoms with Gasteiger partial charge in [-0.3, -0.25) is 9.89 Å². The van der Waals surface area contributed by atoms with E-state index in [1.807, 2.05) is 7.05 Å². The van der Waals surface area contributed by atoms with Crippen LogP contribution in [0.4, 0.5) is 0 Å². The van der Waals surface area contributed by atoms with Gasteiger partial charge in [0, 0.05) is 30.8 Å². The lowest BCUT2D eigenvalue weighted by Gasteiger charge is -2.31. The average molecular weight is 291 g/mol. The summed E-state index contributed by atoms with van der Waals surface area (Å²) in [5.41, 5.74) is 2.84. The van der Waals surface area contributed by atoms with Gasteiger partial charge in [0.2, 0.25) is 0 Å². The zero-order chi connectivity index (χ0) is 14.8. The van der Waals surface area contributed by atoms with E-state index in [1.165, 1.54) is 6.42 Å². The van der Waals surface area contributed by atoms with Gasteiger partial charge in [-0.1, -0.05) is 12.8 Å². The van der Waals surface area contributed by atoms with Crippen molar-refractivity contribution < 1.29 is 9.90 Å². The Kier molecular flexibility index (Phi) is 4.29. The molecular formula is C16H25N3O2. The molecule has 0 saturated heterocycles. The second-order valence-electron chi connectivity index (χ2n) is 6.53. The SMILES string of the molecule is CN(CC1CCCCC1O)C(=O)c1n[nH]c2c1CCCC2. The van der Waals surface area contributed by atoms with E-state index in [4.69, 9.17) is 0 Å². The van der Waals surface area contributed by atoms with Gasteiger partial charge >= 0.3 is 0 Å². The Morgan fingerprint density at radius 3 is 2.86 bits per heavy atom. The van der Waals surface area contributed by atoms with Gasteiger partial charge in [-0.05, 0) is 38.5 Å². The fourth-order valence-corrected chi connectivity index (χ4v) is 3.67. The van der Waals surface area contributed by atoms with E-state index in [9.17, 15) is 9.90 Å². The van der Waals surface area contributed by atoms with Crippen molar-refractivity contribution in [1.82, 2.24) is 15.1 Å². The summed E-state index contributed by atoms with van der Waals surface area (Å²) in [5, 5.41) is 17.3. The molecule has 2 aliphatic carbocycles. The molecule has 2 unspecified atom stereocenters. The number of nitrogens with zero attached hydrogens (tertiary/aromatic N) is 2. The number of carbonyl (C=O) groups is 1. The molecule has 1 aromatic heterocycles. The highest BCUT2D eigenvalue weighted by Crippen LogP contribution is 2.26. The van der Waals surface area contributed by atoms with Crippen LogP contribution < -0.4 is 0 Å². The summed E-state index contributed by atoms with van der Waals surface area (Å²) in [6.07, 6.45) is 8.13. The smallest absolute Gasteiger partial charge is 0.274 e. The molecule has 21 heavy (non-hydrogen) atoms. The number of nitrogens with one attached hydrogen (secondary N) is 1. The van der Waals surface area contributed by atoms with Crippen molar-refractivity contribution in [3.05, 3.63) is 17.0 Å². The molecular weight excluding hydrogens is 266 g/mol. The van der Waals surface area contributed by atoms with E-state index < -0.39 is 0 Å². The number of carbonyl (C=O) groups excluding carboxylic acids is 1. The summed E-state index contributed by atoms with van der Waals surface area (Å²) in [7, 11) is 1.83. The molecule has 5 heteroatoms. The minimum absolute atomic E-state index is 0.00725. The van der Waals surface area contributed by atoms with Crippen molar-refractivity contribution in [3.63, 3.8) is 0 Å². The van der Waals surface area contributed by atoms with Gasteiger partial charge in [0.1, 0.15) is 0 Å². The van der Waals surface area contributed by atoms with Crippen molar-refractivity contribution in [3.8, 4) is 0 Å².